The van der Waals surface area contributed by atoms with Crippen LogP contribution in [0.2, 0.25) is 0 Å². The van der Waals surface area contributed by atoms with Gasteiger partial charge in [-0.2, -0.15) is 0 Å². The molecule has 0 aliphatic rings. The van der Waals surface area contributed by atoms with Gasteiger partial charge in [-0.25, -0.2) is 14.2 Å². The number of benzene rings is 1. The predicted octanol–water partition coefficient (Wildman–Crippen LogP) is 1.88. The van der Waals surface area contributed by atoms with Crippen molar-refractivity contribution >= 4 is 5.97 Å². The Labute approximate surface area is 109 Å². The molecule has 0 atom stereocenters. The minimum Gasteiger partial charge on any atom is -0.492 e. The van der Waals surface area contributed by atoms with Gasteiger partial charge in [0.05, 0.1) is 6.61 Å². The number of carbonyl (C=O) groups is 1. The molecule has 0 saturated carbocycles. The van der Waals surface area contributed by atoms with Crippen LogP contribution in [0.5, 0.6) is 5.75 Å². The lowest BCUT2D eigenvalue weighted by Gasteiger charge is -2.09. The highest BCUT2D eigenvalue weighted by Crippen LogP contribution is 2.19. The summed E-state index contributed by atoms with van der Waals surface area (Å²) in [5.74, 6) is -0.831. The largest absolute Gasteiger partial charge is 0.492 e. The normalized spacial score (nSPS) is 10.4. The average Bonchev–Trinajstić information content (AvgIpc) is 2.77. The van der Waals surface area contributed by atoms with Gasteiger partial charge in [-0.3, -0.25) is 0 Å². The molecule has 0 radical (unpaired) electrons. The van der Waals surface area contributed by atoms with Crippen LogP contribution < -0.4 is 4.74 Å². The Morgan fingerprint density at radius 2 is 2.32 bits per heavy atom. The zero-order chi connectivity index (χ0) is 13.8. The second kappa shape index (κ2) is 5.51. The molecule has 19 heavy (non-hydrogen) atoms. The third-order valence-electron chi connectivity index (χ3n) is 2.68. The van der Waals surface area contributed by atoms with E-state index in [4.69, 9.17) is 9.84 Å². The Kier molecular flexibility index (Phi) is 3.79. The molecule has 0 saturated heterocycles. The van der Waals surface area contributed by atoms with Crippen molar-refractivity contribution in [2.45, 2.75) is 6.42 Å². The number of hydrogen-bond donors (Lipinski definition) is 1. The van der Waals surface area contributed by atoms with Gasteiger partial charge >= 0.3 is 5.97 Å². The fourth-order valence-electron chi connectivity index (χ4n) is 1.68. The van der Waals surface area contributed by atoms with E-state index in [-0.39, 0.29) is 17.9 Å². The second-order valence-electron chi connectivity index (χ2n) is 4.00. The number of hydrogen-bond acceptors (Lipinski definition) is 3. The number of aromatic carboxylic acids is 1. The molecule has 2 aromatic rings. The number of rotatable bonds is 5. The van der Waals surface area contributed by atoms with E-state index in [1.54, 1.807) is 6.20 Å². The number of imidazole rings is 1. The van der Waals surface area contributed by atoms with E-state index in [0.29, 0.717) is 6.42 Å². The van der Waals surface area contributed by atoms with Crippen molar-refractivity contribution in [3.8, 4) is 5.75 Å². The molecule has 0 bridgehead atoms. The van der Waals surface area contributed by atoms with Gasteiger partial charge in [0.15, 0.2) is 0 Å². The Hall–Kier alpha value is -2.37. The zero-order valence-corrected chi connectivity index (χ0v) is 10.3. The molecule has 0 aliphatic carbocycles. The van der Waals surface area contributed by atoms with Crippen LogP contribution in [-0.2, 0) is 13.5 Å². The summed E-state index contributed by atoms with van der Waals surface area (Å²) in [6.45, 7) is 0.275. The number of carboxylic acid groups (broad SMARTS) is 1. The van der Waals surface area contributed by atoms with Crippen molar-refractivity contribution in [3.05, 3.63) is 47.8 Å². The van der Waals surface area contributed by atoms with Crippen LogP contribution in [0.1, 0.15) is 16.2 Å². The fourth-order valence-corrected chi connectivity index (χ4v) is 1.68. The van der Waals surface area contributed by atoms with Crippen molar-refractivity contribution in [1.29, 1.82) is 0 Å². The predicted molar refractivity (Wildman–Crippen MR) is 65.8 cm³/mol. The Balaban J connectivity index is 2.03. The van der Waals surface area contributed by atoms with Crippen LogP contribution in [-0.4, -0.2) is 27.2 Å². The van der Waals surface area contributed by atoms with E-state index < -0.39 is 11.8 Å². The number of halogens is 1. The summed E-state index contributed by atoms with van der Waals surface area (Å²) in [5.41, 5.74) is -0.181. The minimum absolute atomic E-state index is 0.156. The third kappa shape index (κ3) is 3.09. The number of aryl methyl sites for hydroxylation is 1. The first kappa shape index (κ1) is 13.1. The van der Waals surface area contributed by atoms with Gasteiger partial charge in [0.1, 0.15) is 23.0 Å². The van der Waals surface area contributed by atoms with E-state index in [0.717, 1.165) is 11.9 Å². The van der Waals surface area contributed by atoms with E-state index in [1.807, 2.05) is 17.8 Å². The van der Waals surface area contributed by atoms with Gasteiger partial charge in [-0.15, -0.1) is 0 Å². The molecule has 0 spiro atoms. The lowest BCUT2D eigenvalue weighted by atomic mass is 10.2. The zero-order valence-electron chi connectivity index (χ0n) is 10.3. The monoisotopic (exact) mass is 264 g/mol. The van der Waals surface area contributed by atoms with Gasteiger partial charge in [-0.05, 0) is 18.2 Å². The minimum atomic E-state index is -1.22. The first-order valence-corrected chi connectivity index (χ1v) is 5.70. The molecule has 0 unspecified atom stereocenters. The summed E-state index contributed by atoms with van der Waals surface area (Å²) in [6.07, 6.45) is 4.03. The summed E-state index contributed by atoms with van der Waals surface area (Å²) in [7, 11) is 1.86. The molecular weight excluding hydrogens is 251 g/mol. The van der Waals surface area contributed by atoms with Gasteiger partial charge in [0.25, 0.3) is 0 Å². The first-order valence-electron chi connectivity index (χ1n) is 5.70. The van der Waals surface area contributed by atoms with Crippen molar-refractivity contribution in [1.82, 2.24) is 9.55 Å². The lowest BCUT2D eigenvalue weighted by molar-refractivity contribution is 0.0691. The molecule has 6 heteroatoms. The van der Waals surface area contributed by atoms with Gasteiger partial charge < -0.3 is 14.4 Å². The van der Waals surface area contributed by atoms with E-state index in [2.05, 4.69) is 4.98 Å². The highest BCUT2D eigenvalue weighted by molar-refractivity contribution is 5.90. The highest BCUT2D eigenvalue weighted by Gasteiger charge is 2.12. The number of carboxylic acids is 1. The summed E-state index contributed by atoms with van der Waals surface area (Å²) >= 11 is 0. The van der Waals surface area contributed by atoms with Gasteiger partial charge in [-0.1, -0.05) is 0 Å². The van der Waals surface area contributed by atoms with Crippen LogP contribution in [0.4, 0.5) is 4.39 Å². The molecular formula is C13H13FN2O3. The highest BCUT2D eigenvalue weighted by atomic mass is 19.1. The molecule has 100 valence electrons. The number of aromatic nitrogens is 2. The van der Waals surface area contributed by atoms with Crippen LogP contribution in [0.3, 0.4) is 0 Å². The van der Waals surface area contributed by atoms with Crippen molar-refractivity contribution < 1.29 is 19.0 Å². The Morgan fingerprint density at radius 3 is 2.95 bits per heavy atom. The molecule has 1 heterocycles. The van der Waals surface area contributed by atoms with Gasteiger partial charge in [0, 0.05) is 25.9 Å². The van der Waals surface area contributed by atoms with Crippen molar-refractivity contribution in [3.63, 3.8) is 0 Å². The quantitative estimate of drug-likeness (QED) is 0.895. The fraction of sp³-hybridized carbons (Fsp3) is 0.231. The maximum Gasteiger partial charge on any atom is 0.339 e. The Bertz CT molecular complexity index is 595. The van der Waals surface area contributed by atoms with Crippen molar-refractivity contribution in [2.75, 3.05) is 6.61 Å². The van der Waals surface area contributed by atoms with Gasteiger partial charge in [0.2, 0.25) is 0 Å². The summed E-state index contributed by atoms with van der Waals surface area (Å²) < 4.78 is 20.2. The summed E-state index contributed by atoms with van der Waals surface area (Å²) in [4.78, 5) is 15.1. The van der Waals surface area contributed by atoms with E-state index in [1.165, 1.54) is 12.1 Å². The molecule has 1 aromatic heterocycles. The molecule has 5 nitrogen and oxygen atoms in total. The van der Waals surface area contributed by atoms with Crippen LogP contribution >= 0.6 is 0 Å². The van der Waals surface area contributed by atoms with Crippen LogP contribution in [0.15, 0.2) is 30.6 Å². The molecule has 2 rings (SSSR count). The molecule has 1 N–H and O–H groups in total. The smallest absolute Gasteiger partial charge is 0.339 e. The number of nitrogens with zero attached hydrogens (tertiary/aromatic N) is 2. The maximum absolute atomic E-state index is 13.0. The van der Waals surface area contributed by atoms with E-state index >= 15 is 0 Å². The average molecular weight is 264 g/mol. The van der Waals surface area contributed by atoms with Crippen LogP contribution in [0, 0.1) is 5.82 Å². The van der Waals surface area contributed by atoms with Crippen molar-refractivity contribution in [2.24, 2.45) is 7.05 Å². The number of ether oxygens (including phenoxy) is 1. The molecule has 1 aromatic carbocycles. The Morgan fingerprint density at radius 1 is 1.53 bits per heavy atom. The standard InChI is InChI=1S/C13H13FN2O3/c1-16-6-5-15-12(16)4-7-19-11-3-2-9(14)8-10(11)13(17)18/h2-3,5-6,8H,4,7H2,1H3,(H,17,18). The maximum atomic E-state index is 13.0. The first-order chi connectivity index (χ1) is 9.08. The summed E-state index contributed by atoms with van der Waals surface area (Å²) in [6, 6.07) is 3.43. The van der Waals surface area contributed by atoms with E-state index in [9.17, 15) is 9.18 Å². The topological polar surface area (TPSA) is 64.4 Å². The lowest BCUT2D eigenvalue weighted by Crippen LogP contribution is -2.09. The molecule has 0 amide bonds. The summed E-state index contributed by atoms with van der Waals surface area (Å²) in [5, 5.41) is 8.95. The SMILES string of the molecule is Cn1ccnc1CCOc1ccc(F)cc1C(=O)O. The third-order valence-corrected chi connectivity index (χ3v) is 2.68. The van der Waals surface area contributed by atoms with Crippen LogP contribution in [0.25, 0.3) is 0 Å². The molecule has 0 aliphatic heterocycles. The molecule has 0 fully saturated rings. The second-order valence-corrected chi connectivity index (χ2v) is 4.00.